The summed E-state index contributed by atoms with van der Waals surface area (Å²) in [5.74, 6) is -0.855. The molecule has 0 fully saturated rings. The fourth-order valence-electron chi connectivity index (χ4n) is 3.22. The fourth-order valence-corrected chi connectivity index (χ4v) is 4.22. The Morgan fingerprint density at radius 3 is 2.24 bits per heavy atom. The quantitative estimate of drug-likeness (QED) is 0.189. The van der Waals surface area contributed by atoms with E-state index in [1.54, 1.807) is 12.1 Å². The van der Waals surface area contributed by atoms with E-state index < -0.39 is 0 Å². The van der Waals surface area contributed by atoms with Crippen molar-refractivity contribution in [2.45, 2.75) is 12.8 Å². The van der Waals surface area contributed by atoms with Gasteiger partial charge in [0, 0.05) is 5.56 Å². The summed E-state index contributed by atoms with van der Waals surface area (Å²) >= 11 is 1.15. The Bertz CT molecular complexity index is 1290. The van der Waals surface area contributed by atoms with E-state index in [0.29, 0.717) is 27.1 Å². The average molecular weight is 477 g/mol. The highest BCUT2D eigenvalue weighted by Gasteiger charge is 2.16. The van der Waals surface area contributed by atoms with Crippen LogP contribution in [0.2, 0.25) is 0 Å². The van der Waals surface area contributed by atoms with Gasteiger partial charge in [0.1, 0.15) is 17.1 Å². The minimum atomic E-state index is -0.352. The molecule has 174 valence electrons. The van der Waals surface area contributed by atoms with E-state index in [0.717, 1.165) is 28.0 Å². The lowest BCUT2D eigenvalue weighted by molar-refractivity contribution is -0.107. The number of halogens is 1. The van der Waals surface area contributed by atoms with Crippen molar-refractivity contribution < 1.29 is 13.9 Å². The van der Waals surface area contributed by atoms with Crippen LogP contribution in [0.3, 0.4) is 0 Å². The summed E-state index contributed by atoms with van der Waals surface area (Å²) in [6, 6.07) is 21.2. The summed E-state index contributed by atoms with van der Waals surface area (Å²) < 4.78 is 20.6. The lowest BCUT2D eigenvalue weighted by Gasteiger charge is -2.06. The third kappa shape index (κ3) is 6.18. The van der Waals surface area contributed by atoms with Crippen LogP contribution in [0.15, 0.2) is 66.7 Å². The van der Waals surface area contributed by atoms with Gasteiger partial charge in [-0.05, 0) is 42.9 Å². The predicted molar refractivity (Wildman–Crippen MR) is 136 cm³/mol. The zero-order valence-corrected chi connectivity index (χ0v) is 19.7. The van der Waals surface area contributed by atoms with Crippen LogP contribution < -0.4 is 5.32 Å². The Hall–Kier alpha value is -3.75. The summed E-state index contributed by atoms with van der Waals surface area (Å²) in [5, 5.41) is 18.5. The van der Waals surface area contributed by atoms with E-state index >= 15 is 4.39 Å². The normalized spacial score (nSPS) is 10.3. The number of benzene rings is 3. The first-order valence-electron chi connectivity index (χ1n) is 10.6. The first-order valence-corrected chi connectivity index (χ1v) is 11.4. The highest BCUT2D eigenvalue weighted by atomic mass is 32.1. The maximum atomic E-state index is 15.3. The topological polar surface area (TPSA) is 98.9 Å². The van der Waals surface area contributed by atoms with Crippen molar-refractivity contribution in [3.05, 3.63) is 77.6 Å². The molecule has 0 saturated heterocycles. The number of hydrogen-bond donors (Lipinski definition) is 3. The standard InChI is InChI=1S/C24H18FN3O2S.C2H7N/c25-23-18(17-8-6-16(7-9-17)15-4-2-1-3-5-15)10-11-19-24(23)31-22(28-19)14-21(27)30-20(26)12-13-29;1-3-2/h1-11,13,26-27H,12,14H2;3H,1-2H3. The molecule has 0 bridgehead atoms. The molecule has 0 aliphatic rings. The summed E-state index contributed by atoms with van der Waals surface area (Å²) in [6.07, 6.45) is 0.376. The number of aromatic nitrogens is 1. The maximum Gasteiger partial charge on any atom is 0.196 e. The van der Waals surface area contributed by atoms with Gasteiger partial charge in [-0.15, -0.1) is 11.3 Å². The van der Waals surface area contributed by atoms with Crippen LogP contribution in [-0.4, -0.2) is 37.2 Å². The average Bonchev–Trinajstić information content (AvgIpc) is 3.24. The molecule has 1 heterocycles. The van der Waals surface area contributed by atoms with E-state index in [-0.39, 0.29) is 30.5 Å². The SMILES string of the molecule is CNC.N=C(CC=O)OC(=N)Cc1nc2ccc(-c3ccc(-c4ccccc4)cc3)c(F)c2s1. The molecule has 6 nitrogen and oxygen atoms in total. The van der Waals surface area contributed by atoms with Crippen LogP contribution in [-0.2, 0) is 16.0 Å². The van der Waals surface area contributed by atoms with Crippen LogP contribution in [0.5, 0.6) is 0 Å². The fraction of sp³-hybridized carbons (Fsp3) is 0.154. The Morgan fingerprint density at radius 2 is 1.59 bits per heavy atom. The number of carbonyl (C=O) groups excluding carboxylic acids is 1. The Balaban J connectivity index is 0.00000103. The van der Waals surface area contributed by atoms with Crippen LogP contribution >= 0.6 is 11.3 Å². The zero-order chi connectivity index (χ0) is 24.5. The van der Waals surface area contributed by atoms with Crippen molar-refractivity contribution in [3.8, 4) is 22.3 Å². The highest BCUT2D eigenvalue weighted by molar-refractivity contribution is 7.18. The number of rotatable bonds is 6. The number of nitrogens with zero attached hydrogens (tertiary/aromatic N) is 1. The second-order valence-corrected chi connectivity index (χ2v) is 8.41. The van der Waals surface area contributed by atoms with Crippen molar-refractivity contribution in [3.63, 3.8) is 0 Å². The molecule has 0 amide bonds. The second kappa shape index (κ2) is 11.9. The Kier molecular flexibility index (Phi) is 8.73. The molecule has 4 aromatic rings. The number of nitrogens with one attached hydrogen (secondary N) is 3. The number of thiazole rings is 1. The van der Waals surface area contributed by atoms with Gasteiger partial charge < -0.3 is 14.8 Å². The van der Waals surface area contributed by atoms with Crippen molar-refractivity contribution >= 4 is 39.6 Å². The monoisotopic (exact) mass is 476 g/mol. The first-order chi connectivity index (χ1) is 16.5. The number of fused-ring (bicyclic) bond motifs is 1. The molecule has 0 atom stereocenters. The summed E-state index contributed by atoms with van der Waals surface area (Å²) in [6.45, 7) is 0. The van der Waals surface area contributed by atoms with E-state index in [2.05, 4.69) is 10.3 Å². The largest absolute Gasteiger partial charge is 0.429 e. The molecule has 4 rings (SSSR count). The van der Waals surface area contributed by atoms with Gasteiger partial charge in [-0.1, -0.05) is 54.6 Å². The number of carbonyl (C=O) groups is 1. The molecule has 0 unspecified atom stereocenters. The molecule has 0 saturated carbocycles. The van der Waals surface area contributed by atoms with Crippen LogP contribution in [0.1, 0.15) is 11.4 Å². The number of aldehydes is 1. The molecule has 1 aromatic heterocycles. The van der Waals surface area contributed by atoms with Gasteiger partial charge >= 0.3 is 0 Å². The molecule has 0 spiro atoms. The molecule has 3 aromatic carbocycles. The first kappa shape index (κ1) is 24.9. The molecule has 0 aliphatic heterocycles. The lowest BCUT2D eigenvalue weighted by Crippen LogP contribution is -2.13. The summed E-state index contributed by atoms with van der Waals surface area (Å²) in [4.78, 5) is 14.8. The molecular formula is C26H25FN4O2S. The van der Waals surface area contributed by atoms with E-state index in [1.807, 2.05) is 68.7 Å². The van der Waals surface area contributed by atoms with Gasteiger partial charge in [-0.3, -0.25) is 10.8 Å². The Labute approximate surface area is 201 Å². The van der Waals surface area contributed by atoms with Crippen molar-refractivity contribution in [1.29, 1.82) is 10.8 Å². The third-order valence-electron chi connectivity index (χ3n) is 4.67. The molecular weight excluding hydrogens is 451 g/mol. The lowest BCUT2D eigenvalue weighted by atomic mass is 10.00. The van der Waals surface area contributed by atoms with Crippen molar-refractivity contribution in [2.24, 2.45) is 0 Å². The molecule has 8 heteroatoms. The molecule has 0 aliphatic carbocycles. The molecule has 3 N–H and O–H groups in total. The molecule has 0 radical (unpaired) electrons. The number of hydrogen-bond acceptors (Lipinski definition) is 7. The number of ether oxygens (including phenoxy) is 1. The van der Waals surface area contributed by atoms with Gasteiger partial charge in [0.15, 0.2) is 11.8 Å². The highest BCUT2D eigenvalue weighted by Crippen LogP contribution is 2.33. The molecule has 34 heavy (non-hydrogen) atoms. The summed E-state index contributed by atoms with van der Waals surface area (Å²) in [7, 11) is 3.75. The van der Waals surface area contributed by atoms with Crippen molar-refractivity contribution in [2.75, 3.05) is 14.1 Å². The van der Waals surface area contributed by atoms with Gasteiger partial charge in [0.2, 0.25) is 0 Å². The minimum absolute atomic E-state index is 0.0289. The van der Waals surface area contributed by atoms with Crippen LogP contribution in [0.25, 0.3) is 32.5 Å². The third-order valence-corrected chi connectivity index (χ3v) is 5.74. The maximum absolute atomic E-state index is 15.3. The second-order valence-electron chi connectivity index (χ2n) is 7.32. The predicted octanol–water partition coefficient (Wildman–Crippen LogP) is 5.71. The van der Waals surface area contributed by atoms with Gasteiger partial charge in [0.25, 0.3) is 0 Å². The van der Waals surface area contributed by atoms with E-state index in [1.165, 1.54) is 0 Å². The summed E-state index contributed by atoms with van der Waals surface area (Å²) in [5.41, 5.74) is 3.93. The van der Waals surface area contributed by atoms with E-state index in [4.69, 9.17) is 15.6 Å². The van der Waals surface area contributed by atoms with Crippen LogP contribution in [0, 0.1) is 16.6 Å². The smallest absolute Gasteiger partial charge is 0.196 e. The van der Waals surface area contributed by atoms with E-state index in [9.17, 15) is 4.79 Å². The van der Waals surface area contributed by atoms with Crippen molar-refractivity contribution in [1.82, 2.24) is 10.3 Å². The minimum Gasteiger partial charge on any atom is -0.429 e. The van der Waals surface area contributed by atoms with Gasteiger partial charge in [-0.2, -0.15) is 0 Å². The van der Waals surface area contributed by atoms with Crippen LogP contribution in [0.4, 0.5) is 4.39 Å². The van der Waals surface area contributed by atoms with Gasteiger partial charge in [0.05, 0.1) is 23.1 Å². The Morgan fingerprint density at radius 1 is 0.971 bits per heavy atom. The van der Waals surface area contributed by atoms with Gasteiger partial charge in [-0.25, -0.2) is 9.37 Å². The zero-order valence-electron chi connectivity index (χ0n) is 18.9.